The topological polar surface area (TPSA) is 75.5 Å². The van der Waals surface area contributed by atoms with Crippen molar-refractivity contribution < 1.29 is 9.59 Å². The van der Waals surface area contributed by atoms with Gasteiger partial charge in [-0.15, -0.1) is 0 Å². The number of hydrogen-bond donors (Lipinski definition) is 2. The maximum Gasteiger partial charge on any atom is 0.287 e. The number of rotatable bonds is 5. The number of nitrogens with one attached hydrogen (secondary N) is 2. The van der Waals surface area contributed by atoms with E-state index in [1.54, 1.807) is 16.7 Å². The molecule has 0 saturated heterocycles. The van der Waals surface area contributed by atoms with E-state index in [0.717, 1.165) is 19.3 Å². The summed E-state index contributed by atoms with van der Waals surface area (Å²) in [7, 11) is 0. The summed E-state index contributed by atoms with van der Waals surface area (Å²) in [5, 5.41) is 5.86. The molecular formula is C21H28N4O2. The van der Waals surface area contributed by atoms with Crippen LogP contribution in [0.3, 0.4) is 0 Å². The van der Waals surface area contributed by atoms with Crippen LogP contribution in [0.5, 0.6) is 0 Å². The lowest BCUT2D eigenvalue weighted by Crippen LogP contribution is -2.40. The molecule has 0 unspecified atom stereocenters. The summed E-state index contributed by atoms with van der Waals surface area (Å²) in [6.45, 7) is 6.32. The van der Waals surface area contributed by atoms with Gasteiger partial charge in [-0.25, -0.2) is 4.98 Å². The van der Waals surface area contributed by atoms with Crippen molar-refractivity contribution in [3.8, 4) is 0 Å². The van der Waals surface area contributed by atoms with Gasteiger partial charge in [0, 0.05) is 18.3 Å². The van der Waals surface area contributed by atoms with Crippen molar-refractivity contribution in [2.24, 2.45) is 0 Å². The van der Waals surface area contributed by atoms with E-state index in [9.17, 15) is 9.59 Å². The Morgan fingerprint density at radius 1 is 1.19 bits per heavy atom. The Kier molecular flexibility index (Phi) is 5.63. The molecule has 1 aliphatic carbocycles. The van der Waals surface area contributed by atoms with Crippen molar-refractivity contribution in [1.82, 2.24) is 20.0 Å². The molecule has 2 N–H and O–H groups in total. The number of carbonyl (C=O) groups excluding carboxylic acids is 2. The number of fused-ring (bicyclic) bond motifs is 1. The normalized spacial score (nSPS) is 14.7. The van der Waals surface area contributed by atoms with E-state index in [4.69, 9.17) is 0 Å². The molecule has 2 aromatic rings. The second-order valence-electron chi connectivity index (χ2n) is 8.06. The molecule has 3 rings (SSSR count). The van der Waals surface area contributed by atoms with E-state index < -0.39 is 0 Å². The SMILES string of the molecule is CC(C)(C)NC(=O)c1nc(C(=O)NCCC2=CCCCC2)n2ccccc12. The van der Waals surface area contributed by atoms with Crippen molar-refractivity contribution >= 4 is 17.3 Å². The highest BCUT2D eigenvalue weighted by Crippen LogP contribution is 2.19. The molecule has 0 bridgehead atoms. The highest BCUT2D eigenvalue weighted by atomic mass is 16.2. The molecule has 0 spiro atoms. The van der Waals surface area contributed by atoms with Crippen LogP contribution in [-0.4, -0.2) is 33.3 Å². The summed E-state index contributed by atoms with van der Waals surface area (Å²) in [6.07, 6.45) is 9.67. The Balaban J connectivity index is 1.76. The van der Waals surface area contributed by atoms with Crippen LogP contribution in [0.1, 0.15) is 74.0 Å². The monoisotopic (exact) mass is 368 g/mol. The van der Waals surface area contributed by atoms with E-state index in [2.05, 4.69) is 21.7 Å². The summed E-state index contributed by atoms with van der Waals surface area (Å²) in [5.41, 5.74) is 1.93. The Bertz CT molecular complexity index is 874. The van der Waals surface area contributed by atoms with Gasteiger partial charge in [0.05, 0.1) is 5.52 Å². The summed E-state index contributed by atoms with van der Waals surface area (Å²) in [5.74, 6) is -0.303. The lowest BCUT2D eigenvalue weighted by atomic mass is 9.97. The first kappa shape index (κ1) is 19.1. The molecular weight excluding hydrogens is 340 g/mol. The van der Waals surface area contributed by atoms with Gasteiger partial charge in [-0.05, 0) is 65.0 Å². The van der Waals surface area contributed by atoms with Crippen molar-refractivity contribution in [1.29, 1.82) is 0 Å². The van der Waals surface area contributed by atoms with Gasteiger partial charge in [0.25, 0.3) is 11.8 Å². The van der Waals surface area contributed by atoms with Gasteiger partial charge in [-0.3, -0.25) is 14.0 Å². The third kappa shape index (κ3) is 4.76. The minimum Gasteiger partial charge on any atom is -0.349 e. The Hall–Kier alpha value is -2.63. The van der Waals surface area contributed by atoms with E-state index in [0.29, 0.717) is 12.1 Å². The summed E-state index contributed by atoms with van der Waals surface area (Å²) >= 11 is 0. The number of carbonyl (C=O) groups is 2. The lowest BCUT2D eigenvalue weighted by Gasteiger charge is -2.19. The zero-order valence-electron chi connectivity index (χ0n) is 16.3. The molecule has 0 aromatic carbocycles. The molecule has 6 heteroatoms. The fourth-order valence-electron chi connectivity index (χ4n) is 3.31. The highest BCUT2D eigenvalue weighted by molar-refractivity contribution is 6.02. The molecule has 0 saturated carbocycles. The average Bonchev–Trinajstić information content (AvgIpc) is 3.01. The van der Waals surface area contributed by atoms with Gasteiger partial charge in [0.2, 0.25) is 5.82 Å². The van der Waals surface area contributed by atoms with Gasteiger partial charge in [0.1, 0.15) is 0 Å². The molecule has 1 aliphatic rings. The third-order valence-corrected chi connectivity index (χ3v) is 4.57. The lowest BCUT2D eigenvalue weighted by molar-refractivity contribution is 0.0916. The second-order valence-corrected chi connectivity index (χ2v) is 8.06. The first-order chi connectivity index (χ1) is 12.8. The summed E-state index contributed by atoms with van der Waals surface area (Å²) in [4.78, 5) is 29.6. The Labute approximate surface area is 160 Å². The second kappa shape index (κ2) is 7.94. The quantitative estimate of drug-likeness (QED) is 0.794. The van der Waals surface area contributed by atoms with Crippen molar-refractivity contribution in [3.63, 3.8) is 0 Å². The minimum absolute atomic E-state index is 0.238. The standard InChI is InChI=1S/C21H28N4O2/c1-21(2,3)24-19(26)17-16-11-7-8-14-25(16)18(23-17)20(27)22-13-12-15-9-5-4-6-10-15/h7-9,11,14H,4-6,10,12-13H2,1-3H3,(H,22,27)(H,24,26). The number of imidazole rings is 1. The average molecular weight is 368 g/mol. The molecule has 0 atom stereocenters. The summed E-state index contributed by atoms with van der Waals surface area (Å²) < 4.78 is 1.67. The number of amides is 2. The molecule has 2 aromatic heterocycles. The maximum absolute atomic E-state index is 12.7. The van der Waals surface area contributed by atoms with Gasteiger partial charge in [-0.2, -0.15) is 0 Å². The molecule has 0 aliphatic heterocycles. The Morgan fingerprint density at radius 2 is 2.00 bits per heavy atom. The van der Waals surface area contributed by atoms with Crippen LogP contribution in [-0.2, 0) is 0 Å². The molecule has 0 radical (unpaired) electrons. The van der Waals surface area contributed by atoms with Crippen LogP contribution < -0.4 is 10.6 Å². The maximum atomic E-state index is 12.7. The minimum atomic E-state index is -0.377. The molecule has 27 heavy (non-hydrogen) atoms. The predicted molar refractivity (Wildman–Crippen MR) is 106 cm³/mol. The predicted octanol–water partition coefficient (Wildman–Crippen LogP) is 3.48. The van der Waals surface area contributed by atoms with Gasteiger partial charge in [-0.1, -0.05) is 17.7 Å². The van der Waals surface area contributed by atoms with E-state index >= 15 is 0 Å². The zero-order valence-corrected chi connectivity index (χ0v) is 16.3. The van der Waals surface area contributed by atoms with Crippen molar-refractivity contribution in [2.45, 2.75) is 58.4 Å². The number of hydrogen-bond acceptors (Lipinski definition) is 3. The smallest absolute Gasteiger partial charge is 0.287 e. The number of pyridine rings is 1. The Morgan fingerprint density at radius 3 is 2.70 bits per heavy atom. The van der Waals surface area contributed by atoms with E-state index in [1.165, 1.54) is 18.4 Å². The first-order valence-electron chi connectivity index (χ1n) is 9.61. The fraction of sp³-hybridized carbons (Fsp3) is 0.476. The summed E-state index contributed by atoms with van der Waals surface area (Å²) in [6, 6.07) is 5.46. The fourth-order valence-corrected chi connectivity index (χ4v) is 3.31. The van der Waals surface area contributed by atoms with Crippen LogP contribution in [0, 0.1) is 0 Å². The van der Waals surface area contributed by atoms with E-state index in [-0.39, 0.29) is 28.9 Å². The van der Waals surface area contributed by atoms with Gasteiger partial charge >= 0.3 is 0 Å². The first-order valence-corrected chi connectivity index (χ1v) is 9.61. The molecule has 6 nitrogen and oxygen atoms in total. The molecule has 0 fully saturated rings. The molecule has 144 valence electrons. The molecule has 2 amide bonds. The van der Waals surface area contributed by atoms with Crippen LogP contribution in [0.25, 0.3) is 5.52 Å². The number of allylic oxidation sites excluding steroid dienone is 1. The number of aromatic nitrogens is 2. The van der Waals surface area contributed by atoms with E-state index in [1.807, 2.05) is 32.9 Å². The van der Waals surface area contributed by atoms with Crippen LogP contribution in [0.2, 0.25) is 0 Å². The van der Waals surface area contributed by atoms with Crippen LogP contribution >= 0.6 is 0 Å². The van der Waals surface area contributed by atoms with Crippen LogP contribution in [0.15, 0.2) is 36.0 Å². The van der Waals surface area contributed by atoms with Crippen molar-refractivity contribution in [2.75, 3.05) is 6.54 Å². The largest absolute Gasteiger partial charge is 0.349 e. The van der Waals surface area contributed by atoms with Gasteiger partial charge < -0.3 is 10.6 Å². The van der Waals surface area contributed by atoms with Gasteiger partial charge in [0.15, 0.2) is 5.69 Å². The third-order valence-electron chi connectivity index (χ3n) is 4.57. The zero-order chi connectivity index (χ0) is 19.4. The highest BCUT2D eigenvalue weighted by Gasteiger charge is 2.24. The van der Waals surface area contributed by atoms with Crippen LogP contribution in [0.4, 0.5) is 0 Å². The number of nitrogens with zero attached hydrogens (tertiary/aromatic N) is 2. The molecule has 2 heterocycles. The van der Waals surface area contributed by atoms with Crippen molar-refractivity contribution in [3.05, 3.63) is 47.6 Å².